The van der Waals surface area contributed by atoms with Gasteiger partial charge in [-0.3, -0.25) is 4.79 Å². The van der Waals surface area contributed by atoms with Gasteiger partial charge >= 0.3 is 5.97 Å². The van der Waals surface area contributed by atoms with Gasteiger partial charge in [0.05, 0.1) is 18.8 Å². The Labute approximate surface area is 201 Å². The third kappa shape index (κ3) is 9.67. The Morgan fingerprint density at radius 3 is 2.76 bits per heavy atom. The zero-order valence-corrected chi connectivity index (χ0v) is 21.1. The van der Waals surface area contributed by atoms with Crippen molar-refractivity contribution in [1.82, 2.24) is 0 Å². The minimum atomic E-state index is -0.524. The van der Waals surface area contributed by atoms with E-state index >= 15 is 0 Å². The van der Waals surface area contributed by atoms with E-state index in [0.29, 0.717) is 31.3 Å². The van der Waals surface area contributed by atoms with Crippen molar-refractivity contribution < 1.29 is 19.7 Å². The maximum atomic E-state index is 11.9. The number of allylic oxidation sites excluding steroid dienone is 2. The van der Waals surface area contributed by atoms with Gasteiger partial charge in [-0.05, 0) is 63.2 Å². The Hall–Kier alpha value is -1.57. The fraction of sp³-hybridized carbons (Fsp3) is 0.759. The second-order valence-corrected chi connectivity index (χ2v) is 10.1. The van der Waals surface area contributed by atoms with Gasteiger partial charge < -0.3 is 14.9 Å². The summed E-state index contributed by atoms with van der Waals surface area (Å²) in [6, 6.07) is 0. The van der Waals surface area contributed by atoms with Gasteiger partial charge in [0, 0.05) is 18.8 Å². The number of ether oxygens (including phenoxy) is 1. The molecule has 186 valence electrons. The summed E-state index contributed by atoms with van der Waals surface area (Å²) in [5, 5.41) is 20.9. The summed E-state index contributed by atoms with van der Waals surface area (Å²) < 4.78 is 5.34. The number of fused-ring (bicyclic) bond motifs is 1. The van der Waals surface area contributed by atoms with Crippen LogP contribution in [0.25, 0.3) is 0 Å². The molecular weight excluding hydrogens is 412 g/mol. The maximum Gasteiger partial charge on any atom is 0.305 e. The number of esters is 1. The van der Waals surface area contributed by atoms with Gasteiger partial charge in [-0.15, -0.1) is 11.8 Å². The Morgan fingerprint density at radius 1 is 1.21 bits per heavy atom. The highest BCUT2D eigenvalue weighted by Gasteiger charge is 2.44. The minimum Gasteiger partial charge on any atom is -0.466 e. The van der Waals surface area contributed by atoms with Crippen LogP contribution in [0.3, 0.4) is 0 Å². The van der Waals surface area contributed by atoms with Crippen LogP contribution in [-0.4, -0.2) is 35.0 Å². The number of hydrogen-bond donors (Lipinski definition) is 2. The lowest BCUT2D eigenvalue weighted by Crippen LogP contribution is -2.19. The van der Waals surface area contributed by atoms with E-state index in [2.05, 4.69) is 30.9 Å². The van der Waals surface area contributed by atoms with Crippen molar-refractivity contribution in [3.05, 3.63) is 23.8 Å². The Kier molecular flexibility index (Phi) is 12.9. The highest BCUT2D eigenvalue weighted by molar-refractivity contribution is 5.69. The van der Waals surface area contributed by atoms with Gasteiger partial charge in [-0.2, -0.15) is 0 Å². The summed E-state index contributed by atoms with van der Waals surface area (Å²) in [7, 11) is 0. The molecule has 0 bridgehead atoms. The molecule has 4 nitrogen and oxygen atoms in total. The van der Waals surface area contributed by atoms with Crippen LogP contribution in [0.2, 0.25) is 0 Å². The molecule has 2 fully saturated rings. The zero-order valence-electron chi connectivity index (χ0n) is 21.1. The third-order valence-corrected chi connectivity index (χ3v) is 7.35. The van der Waals surface area contributed by atoms with Crippen LogP contribution in [0.15, 0.2) is 23.8 Å². The van der Waals surface area contributed by atoms with Crippen molar-refractivity contribution in [1.29, 1.82) is 0 Å². The largest absolute Gasteiger partial charge is 0.466 e. The quantitative estimate of drug-likeness (QED) is 0.146. The maximum absolute atomic E-state index is 11.9. The SMILES string of the molecule is CC#CCC(C)C(O)C=CC1C(O)CC2CC(=CCCCC(=O)OCCCCCCC)CC21. The second-order valence-electron chi connectivity index (χ2n) is 10.1. The van der Waals surface area contributed by atoms with E-state index in [4.69, 9.17) is 4.74 Å². The molecule has 6 atom stereocenters. The van der Waals surface area contributed by atoms with Crippen LogP contribution >= 0.6 is 0 Å². The molecule has 0 spiro atoms. The summed E-state index contributed by atoms with van der Waals surface area (Å²) in [5.41, 5.74) is 1.46. The van der Waals surface area contributed by atoms with Crippen molar-refractivity contribution >= 4 is 5.97 Å². The van der Waals surface area contributed by atoms with Gasteiger partial charge in [0.1, 0.15) is 0 Å². The lowest BCUT2D eigenvalue weighted by molar-refractivity contribution is -0.143. The van der Waals surface area contributed by atoms with Crippen molar-refractivity contribution in [2.75, 3.05) is 6.61 Å². The molecule has 0 heterocycles. The molecule has 0 aliphatic heterocycles. The number of aliphatic hydroxyl groups excluding tert-OH is 2. The van der Waals surface area contributed by atoms with Crippen LogP contribution in [0.1, 0.15) is 97.8 Å². The van der Waals surface area contributed by atoms with E-state index in [1.165, 1.54) is 24.8 Å². The lowest BCUT2D eigenvalue weighted by atomic mass is 9.89. The van der Waals surface area contributed by atoms with E-state index in [1.54, 1.807) is 0 Å². The van der Waals surface area contributed by atoms with Gasteiger partial charge in [-0.25, -0.2) is 0 Å². The molecule has 0 saturated heterocycles. The lowest BCUT2D eigenvalue weighted by Gasteiger charge is -2.19. The van der Waals surface area contributed by atoms with E-state index in [0.717, 1.165) is 44.9 Å². The number of hydrogen-bond acceptors (Lipinski definition) is 4. The highest BCUT2D eigenvalue weighted by Crippen LogP contribution is 2.50. The van der Waals surface area contributed by atoms with Gasteiger partial charge in [-0.1, -0.05) is 63.3 Å². The molecule has 6 unspecified atom stereocenters. The standard InChI is InChI=1S/C29H46O4/c1-4-6-8-9-12-18-33-29(32)15-11-10-14-23-19-24-21-28(31)25(26(24)20-23)16-17-27(30)22(3)13-7-5-2/h14,16-17,22,24-28,30-31H,4,6,8-13,15,18-21H2,1-3H3. The predicted octanol–water partition coefficient (Wildman–Crippen LogP) is 5.97. The Morgan fingerprint density at radius 2 is 2.00 bits per heavy atom. The average molecular weight is 459 g/mol. The number of aliphatic hydroxyl groups is 2. The first-order chi connectivity index (χ1) is 16.0. The highest BCUT2D eigenvalue weighted by atomic mass is 16.5. The molecule has 4 heteroatoms. The molecule has 2 saturated carbocycles. The molecule has 2 aliphatic carbocycles. The van der Waals surface area contributed by atoms with E-state index in [9.17, 15) is 15.0 Å². The summed E-state index contributed by atoms with van der Waals surface area (Å²) in [6.07, 6.45) is 17.1. The Bertz CT molecular complexity index is 698. The predicted molar refractivity (Wildman–Crippen MR) is 134 cm³/mol. The fourth-order valence-electron chi connectivity index (χ4n) is 5.27. The minimum absolute atomic E-state index is 0.0711. The summed E-state index contributed by atoms with van der Waals surface area (Å²) >= 11 is 0. The summed E-state index contributed by atoms with van der Waals surface area (Å²) in [6.45, 7) is 6.58. The van der Waals surface area contributed by atoms with Gasteiger partial charge in [0.2, 0.25) is 0 Å². The van der Waals surface area contributed by atoms with Crippen LogP contribution in [0.4, 0.5) is 0 Å². The van der Waals surface area contributed by atoms with Crippen molar-refractivity contribution in [2.24, 2.45) is 23.7 Å². The first kappa shape index (κ1) is 27.7. The Balaban J connectivity index is 1.69. The second kappa shape index (κ2) is 15.4. The molecule has 2 N–H and O–H groups in total. The number of carbonyl (C=O) groups excluding carboxylic acids is 1. The first-order valence-corrected chi connectivity index (χ1v) is 13.2. The fourth-order valence-corrected chi connectivity index (χ4v) is 5.27. The van der Waals surface area contributed by atoms with E-state index < -0.39 is 6.10 Å². The summed E-state index contributed by atoms with van der Waals surface area (Å²) in [5.74, 6) is 7.03. The molecule has 33 heavy (non-hydrogen) atoms. The molecule has 0 aromatic heterocycles. The number of carbonyl (C=O) groups is 1. The van der Waals surface area contributed by atoms with Gasteiger partial charge in [0.15, 0.2) is 0 Å². The molecule has 2 rings (SSSR count). The molecule has 0 amide bonds. The van der Waals surface area contributed by atoms with Crippen LogP contribution in [0, 0.1) is 35.5 Å². The van der Waals surface area contributed by atoms with E-state index in [-0.39, 0.29) is 23.9 Å². The molecule has 0 aromatic carbocycles. The zero-order chi connectivity index (χ0) is 24.1. The topological polar surface area (TPSA) is 66.8 Å². The summed E-state index contributed by atoms with van der Waals surface area (Å²) in [4.78, 5) is 11.9. The van der Waals surface area contributed by atoms with Crippen LogP contribution in [0.5, 0.6) is 0 Å². The molecule has 0 radical (unpaired) electrons. The average Bonchev–Trinajstić information content (AvgIpc) is 3.31. The van der Waals surface area contributed by atoms with Crippen LogP contribution < -0.4 is 0 Å². The van der Waals surface area contributed by atoms with Crippen molar-refractivity contribution in [3.8, 4) is 11.8 Å². The van der Waals surface area contributed by atoms with E-state index in [1.807, 2.05) is 19.9 Å². The molecule has 2 aliphatic rings. The molecule has 0 aromatic rings. The normalized spacial score (nSPS) is 27.4. The third-order valence-electron chi connectivity index (χ3n) is 7.35. The molecular formula is C29H46O4. The van der Waals surface area contributed by atoms with Gasteiger partial charge in [0.25, 0.3) is 0 Å². The number of rotatable bonds is 14. The monoisotopic (exact) mass is 458 g/mol. The first-order valence-electron chi connectivity index (χ1n) is 13.2. The smallest absolute Gasteiger partial charge is 0.305 e. The number of unbranched alkanes of at least 4 members (excludes halogenated alkanes) is 5. The van der Waals surface area contributed by atoms with Crippen molar-refractivity contribution in [3.63, 3.8) is 0 Å². The van der Waals surface area contributed by atoms with Crippen LogP contribution in [-0.2, 0) is 9.53 Å². The van der Waals surface area contributed by atoms with Crippen molar-refractivity contribution in [2.45, 2.75) is 110 Å².